The molecule has 106 valence electrons. The van der Waals surface area contributed by atoms with Crippen LogP contribution in [-0.4, -0.2) is 17.6 Å². The van der Waals surface area contributed by atoms with Crippen LogP contribution in [0.1, 0.15) is 62.3 Å². The fourth-order valence-corrected chi connectivity index (χ4v) is 3.74. The third kappa shape index (κ3) is 2.40. The highest BCUT2D eigenvalue weighted by molar-refractivity contribution is 5.57. The number of rotatable bonds is 3. The normalized spacial score (nSPS) is 18.6. The lowest BCUT2D eigenvalue weighted by Gasteiger charge is -2.35. The first-order valence-corrected chi connectivity index (χ1v) is 8.03. The van der Waals surface area contributed by atoms with E-state index in [1.54, 1.807) is 0 Å². The molecule has 3 heteroatoms. The SMILES string of the molecule is CCN(c1nc2c(cc1C#N)CCC2)C1CCCCC1. The van der Waals surface area contributed by atoms with Gasteiger partial charge in [0.25, 0.3) is 0 Å². The maximum absolute atomic E-state index is 9.48. The minimum Gasteiger partial charge on any atom is -0.353 e. The van der Waals surface area contributed by atoms with E-state index in [1.807, 2.05) is 0 Å². The molecule has 20 heavy (non-hydrogen) atoms. The number of nitriles is 1. The molecule has 0 spiro atoms. The molecule has 2 aliphatic rings. The van der Waals surface area contributed by atoms with Crippen LogP contribution in [0.2, 0.25) is 0 Å². The number of hydrogen-bond acceptors (Lipinski definition) is 3. The fourth-order valence-electron chi connectivity index (χ4n) is 3.74. The van der Waals surface area contributed by atoms with Gasteiger partial charge in [-0.25, -0.2) is 4.98 Å². The zero-order valence-electron chi connectivity index (χ0n) is 12.4. The second kappa shape index (κ2) is 5.83. The summed E-state index contributed by atoms with van der Waals surface area (Å²) in [6.07, 6.45) is 9.84. The minimum absolute atomic E-state index is 0.577. The van der Waals surface area contributed by atoms with Gasteiger partial charge in [-0.1, -0.05) is 19.3 Å². The number of pyridine rings is 1. The number of hydrogen-bond donors (Lipinski definition) is 0. The van der Waals surface area contributed by atoms with Crippen LogP contribution in [0.5, 0.6) is 0 Å². The zero-order valence-corrected chi connectivity index (χ0v) is 12.4. The summed E-state index contributed by atoms with van der Waals surface area (Å²) in [6.45, 7) is 3.13. The third-order valence-corrected chi connectivity index (χ3v) is 4.78. The van der Waals surface area contributed by atoms with Crippen LogP contribution in [0.3, 0.4) is 0 Å². The molecule has 0 radical (unpaired) electrons. The maximum Gasteiger partial charge on any atom is 0.147 e. The van der Waals surface area contributed by atoms with E-state index in [-0.39, 0.29) is 0 Å². The summed E-state index contributed by atoms with van der Waals surface area (Å²) < 4.78 is 0. The van der Waals surface area contributed by atoms with Crippen LogP contribution in [-0.2, 0) is 12.8 Å². The van der Waals surface area contributed by atoms with Crippen molar-refractivity contribution < 1.29 is 0 Å². The number of aryl methyl sites for hydroxylation is 2. The lowest BCUT2D eigenvalue weighted by molar-refractivity contribution is 0.416. The second-order valence-corrected chi connectivity index (χ2v) is 6.01. The highest BCUT2D eigenvalue weighted by Crippen LogP contribution is 2.31. The Labute approximate surface area is 121 Å². The van der Waals surface area contributed by atoms with E-state index in [0.717, 1.165) is 30.8 Å². The predicted octanol–water partition coefficient (Wildman–Crippen LogP) is 3.60. The van der Waals surface area contributed by atoms with E-state index in [2.05, 4.69) is 24.0 Å². The van der Waals surface area contributed by atoms with Crippen LogP contribution in [0, 0.1) is 11.3 Å². The summed E-state index contributed by atoms with van der Waals surface area (Å²) >= 11 is 0. The average molecular weight is 269 g/mol. The number of anilines is 1. The predicted molar refractivity (Wildman–Crippen MR) is 80.9 cm³/mol. The lowest BCUT2D eigenvalue weighted by atomic mass is 9.94. The van der Waals surface area contributed by atoms with E-state index in [1.165, 1.54) is 49.8 Å². The molecule has 1 saturated carbocycles. The van der Waals surface area contributed by atoms with E-state index in [0.29, 0.717) is 6.04 Å². The molecule has 0 aromatic carbocycles. The molecule has 0 saturated heterocycles. The largest absolute Gasteiger partial charge is 0.353 e. The summed E-state index contributed by atoms with van der Waals surface area (Å²) in [4.78, 5) is 7.26. The van der Waals surface area contributed by atoms with Gasteiger partial charge in [-0.2, -0.15) is 5.26 Å². The van der Waals surface area contributed by atoms with Crippen LogP contribution in [0.15, 0.2) is 6.07 Å². The van der Waals surface area contributed by atoms with Gasteiger partial charge in [0.15, 0.2) is 0 Å². The van der Waals surface area contributed by atoms with Gasteiger partial charge in [0.2, 0.25) is 0 Å². The molecule has 3 rings (SSSR count). The standard InChI is InChI=1S/C17H23N3/c1-2-20(15-8-4-3-5-9-15)17-14(12-18)11-13-7-6-10-16(13)19-17/h11,15H,2-10H2,1H3. The minimum atomic E-state index is 0.577. The molecule has 0 amide bonds. The smallest absolute Gasteiger partial charge is 0.147 e. The number of nitrogens with zero attached hydrogens (tertiary/aromatic N) is 3. The fraction of sp³-hybridized carbons (Fsp3) is 0.647. The Kier molecular flexibility index (Phi) is 3.91. The van der Waals surface area contributed by atoms with Crippen molar-refractivity contribution in [3.05, 3.63) is 22.9 Å². The number of fused-ring (bicyclic) bond motifs is 1. The Bertz CT molecular complexity index is 524. The van der Waals surface area contributed by atoms with Gasteiger partial charge >= 0.3 is 0 Å². The van der Waals surface area contributed by atoms with E-state index < -0.39 is 0 Å². The van der Waals surface area contributed by atoms with Crippen LogP contribution < -0.4 is 4.90 Å². The molecule has 0 aliphatic heterocycles. The first-order chi connectivity index (χ1) is 9.83. The molecule has 2 aliphatic carbocycles. The Balaban J connectivity index is 1.96. The van der Waals surface area contributed by atoms with Crippen molar-refractivity contribution in [2.75, 3.05) is 11.4 Å². The van der Waals surface area contributed by atoms with Gasteiger partial charge in [0.05, 0.1) is 5.56 Å². The van der Waals surface area contributed by atoms with E-state index in [9.17, 15) is 5.26 Å². The number of aromatic nitrogens is 1. The average Bonchev–Trinajstić information content (AvgIpc) is 2.95. The highest BCUT2D eigenvalue weighted by Gasteiger charge is 2.25. The van der Waals surface area contributed by atoms with Crippen molar-refractivity contribution >= 4 is 5.82 Å². The van der Waals surface area contributed by atoms with Crippen molar-refractivity contribution in [3.8, 4) is 6.07 Å². The van der Waals surface area contributed by atoms with Gasteiger partial charge < -0.3 is 4.90 Å². The Morgan fingerprint density at radius 3 is 2.75 bits per heavy atom. The molecule has 3 nitrogen and oxygen atoms in total. The first kappa shape index (κ1) is 13.4. The summed E-state index contributed by atoms with van der Waals surface area (Å²) in [5.41, 5.74) is 3.30. The summed E-state index contributed by atoms with van der Waals surface area (Å²) in [6, 6.07) is 5.05. The van der Waals surface area contributed by atoms with Crippen molar-refractivity contribution in [2.45, 2.75) is 64.3 Å². The first-order valence-electron chi connectivity index (χ1n) is 8.03. The highest BCUT2D eigenvalue weighted by atomic mass is 15.2. The topological polar surface area (TPSA) is 39.9 Å². The Hall–Kier alpha value is -1.56. The van der Waals surface area contributed by atoms with Crippen LogP contribution in [0.25, 0.3) is 0 Å². The molecule has 1 fully saturated rings. The second-order valence-electron chi connectivity index (χ2n) is 6.01. The van der Waals surface area contributed by atoms with Crippen molar-refractivity contribution in [2.24, 2.45) is 0 Å². The van der Waals surface area contributed by atoms with Gasteiger partial charge in [0.1, 0.15) is 11.9 Å². The van der Waals surface area contributed by atoms with Gasteiger partial charge in [-0.05, 0) is 50.7 Å². The molecule has 1 heterocycles. The van der Waals surface area contributed by atoms with Crippen molar-refractivity contribution in [1.82, 2.24) is 4.98 Å². The van der Waals surface area contributed by atoms with E-state index >= 15 is 0 Å². The van der Waals surface area contributed by atoms with Crippen molar-refractivity contribution in [3.63, 3.8) is 0 Å². The molecule has 1 aromatic rings. The van der Waals surface area contributed by atoms with E-state index in [4.69, 9.17) is 4.98 Å². The Morgan fingerprint density at radius 2 is 2.05 bits per heavy atom. The summed E-state index contributed by atoms with van der Waals surface area (Å²) in [5, 5.41) is 9.48. The van der Waals surface area contributed by atoms with Gasteiger partial charge in [-0.15, -0.1) is 0 Å². The lowest BCUT2D eigenvalue weighted by Crippen LogP contribution is -2.38. The van der Waals surface area contributed by atoms with Gasteiger partial charge in [0, 0.05) is 18.3 Å². The Morgan fingerprint density at radius 1 is 1.25 bits per heavy atom. The molecule has 1 aromatic heterocycles. The zero-order chi connectivity index (χ0) is 13.9. The quantitative estimate of drug-likeness (QED) is 0.841. The molecular formula is C17H23N3. The molecule has 0 atom stereocenters. The monoisotopic (exact) mass is 269 g/mol. The molecule has 0 unspecified atom stereocenters. The third-order valence-electron chi connectivity index (χ3n) is 4.78. The van der Waals surface area contributed by atoms with Gasteiger partial charge in [-0.3, -0.25) is 0 Å². The molecular weight excluding hydrogens is 246 g/mol. The molecule has 0 N–H and O–H groups in total. The van der Waals surface area contributed by atoms with Crippen LogP contribution in [0.4, 0.5) is 5.82 Å². The molecule has 0 bridgehead atoms. The summed E-state index contributed by atoms with van der Waals surface area (Å²) in [5.74, 6) is 0.947. The maximum atomic E-state index is 9.48. The van der Waals surface area contributed by atoms with Crippen LogP contribution >= 0.6 is 0 Å². The summed E-state index contributed by atoms with van der Waals surface area (Å²) in [7, 11) is 0. The van der Waals surface area contributed by atoms with Crippen molar-refractivity contribution in [1.29, 1.82) is 5.26 Å².